The fourth-order valence-corrected chi connectivity index (χ4v) is 2.02. The molecular weight excluding hydrogens is 236 g/mol. The van der Waals surface area contributed by atoms with Crippen LogP contribution in [0.3, 0.4) is 0 Å². The Kier molecular flexibility index (Phi) is 3.25. The minimum Gasteiger partial charge on any atom is -0.383 e. The largest absolute Gasteiger partial charge is 0.383 e. The van der Waals surface area contributed by atoms with Crippen LogP contribution in [0, 0.1) is 0 Å². The lowest BCUT2D eigenvalue weighted by atomic mass is 10.4. The van der Waals surface area contributed by atoms with Crippen LogP contribution in [0.4, 0.5) is 14.6 Å². The summed E-state index contributed by atoms with van der Waals surface area (Å²) in [6, 6.07) is 1.82. The molecule has 0 fully saturated rings. The second-order valence-corrected chi connectivity index (χ2v) is 3.97. The van der Waals surface area contributed by atoms with Gasteiger partial charge >= 0.3 is 0 Å². The maximum Gasteiger partial charge on any atom is 0.261 e. The molecule has 0 amide bonds. The van der Waals surface area contributed by atoms with Gasteiger partial charge in [-0.2, -0.15) is 0 Å². The number of aromatic nitrogens is 2. The predicted octanol–water partition coefficient (Wildman–Crippen LogP) is 2.06. The molecule has 0 aliphatic carbocycles. The number of hydrogen-bond acceptors (Lipinski definition) is 5. The number of halogens is 2. The first kappa shape index (κ1) is 11.2. The summed E-state index contributed by atoms with van der Waals surface area (Å²) in [5.74, 6) is 0.676. The molecule has 7 heteroatoms. The van der Waals surface area contributed by atoms with Crippen molar-refractivity contribution in [3.05, 3.63) is 17.3 Å². The molecule has 0 saturated carbocycles. The van der Waals surface area contributed by atoms with Crippen LogP contribution >= 0.6 is 11.3 Å². The summed E-state index contributed by atoms with van der Waals surface area (Å²) in [6.07, 6.45) is -2.48. The summed E-state index contributed by atoms with van der Waals surface area (Å²) in [4.78, 5) is 8.86. The number of nitrogen functional groups attached to an aromatic ring is 1. The van der Waals surface area contributed by atoms with Gasteiger partial charge in [0.05, 0.1) is 5.39 Å². The summed E-state index contributed by atoms with van der Waals surface area (Å²) in [5.41, 5.74) is 5.68. The van der Waals surface area contributed by atoms with E-state index >= 15 is 0 Å². The van der Waals surface area contributed by atoms with Crippen molar-refractivity contribution in [1.29, 1.82) is 0 Å². The highest BCUT2D eigenvalue weighted by atomic mass is 32.1. The van der Waals surface area contributed by atoms with Gasteiger partial charge in [-0.3, -0.25) is 0 Å². The molecule has 0 aliphatic heterocycles. The Morgan fingerprint density at radius 1 is 1.44 bits per heavy atom. The van der Waals surface area contributed by atoms with Crippen molar-refractivity contribution in [2.45, 2.75) is 13.0 Å². The summed E-state index contributed by atoms with van der Waals surface area (Å²) in [7, 11) is 0. The zero-order chi connectivity index (χ0) is 11.5. The molecule has 0 radical (unpaired) electrons. The first-order valence-corrected chi connectivity index (χ1v) is 5.40. The zero-order valence-electron chi connectivity index (χ0n) is 8.19. The Morgan fingerprint density at radius 2 is 2.25 bits per heavy atom. The lowest BCUT2D eigenvalue weighted by Gasteiger charge is -2.03. The van der Waals surface area contributed by atoms with E-state index in [4.69, 9.17) is 10.5 Å². The van der Waals surface area contributed by atoms with E-state index in [-0.39, 0.29) is 6.61 Å². The van der Waals surface area contributed by atoms with Crippen molar-refractivity contribution in [3.8, 4) is 0 Å². The zero-order valence-corrected chi connectivity index (χ0v) is 9.01. The number of alkyl halides is 2. The van der Waals surface area contributed by atoms with E-state index < -0.39 is 13.0 Å². The van der Waals surface area contributed by atoms with E-state index in [0.29, 0.717) is 11.6 Å². The Balaban J connectivity index is 2.12. The second kappa shape index (κ2) is 4.67. The highest BCUT2D eigenvalue weighted by Gasteiger charge is 2.08. The molecule has 4 nitrogen and oxygen atoms in total. The van der Waals surface area contributed by atoms with Crippen molar-refractivity contribution in [1.82, 2.24) is 9.97 Å². The number of nitrogens with zero attached hydrogens (tertiary/aromatic N) is 2. The summed E-state index contributed by atoms with van der Waals surface area (Å²) in [5, 5.41) is 2.63. The molecule has 2 rings (SSSR count). The van der Waals surface area contributed by atoms with Crippen LogP contribution in [0.15, 0.2) is 11.4 Å². The smallest absolute Gasteiger partial charge is 0.261 e. The number of ether oxygens (including phenoxy) is 1. The number of fused-ring (bicyclic) bond motifs is 1. The van der Waals surface area contributed by atoms with Gasteiger partial charge in [-0.15, -0.1) is 11.3 Å². The Hall–Kier alpha value is -1.34. The van der Waals surface area contributed by atoms with Crippen LogP contribution in [0.2, 0.25) is 0 Å². The van der Waals surface area contributed by atoms with E-state index in [2.05, 4.69) is 9.97 Å². The highest BCUT2D eigenvalue weighted by Crippen LogP contribution is 2.22. The number of rotatable bonds is 4. The lowest BCUT2D eigenvalue weighted by molar-refractivity contribution is 0.00782. The molecule has 0 bridgehead atoms. The van der Waals surface area contributed by atoms with Crippen LogP contribution in [-0.2, 0) is 11.3 Å². The van der Waals surface area contributed by atoms with Gasteiger partial charge in [-0.05, 0) is 11.4 Å². The van der Waals surface area contributed by atoms with Crippen molar-refractivity contribution >= 4 is 27.4 Å². The van der Waals surface area contributed by atoms with E-state index in [0.717, 1.165) is 10.2 Å². The standard InChI is InChI=1S/C9H9F2N3OS/c10-6(11)3-15-4-7-13-8(12)5-1-2-16-9(5)14-7/h1-2,6H,3-4H2,(H2,12,13,14). The Labute approximate surface area is 94.1 Å². The monoisotopic (exact) mass is 245 g/mol. The first-order chi connectivity index (χ1) is 7.66. The maximum absolute atomic E-state index is 11.8. The van der Waals surface area contributed by atoms with E-state index in [1.165, 1.54) is 11.3 Å². The van der Waals surface area contributed by atoms with Gasteiger partial charge in [-0.1, -0.05) is 0 Å². The van der Waals surface area contributed by atoms with Gasteiger partial charge in [0.25, 0.3) is 6.43 Å². The lowest BCUT2D eigenvalue weighted by Crippen LogP contribution is -2.07. The summed E-state index contributed by atoms with van der Waals surface area (Å²) in [6.45, 7) is -0.672. The molecular formula is C9H9F2N3OS. The number of hydrogen-bond donors (Lipinski definition) is 1. The van der Waals surface area contributed by atoms with Crippen LogP contribution < -0.4 is 5.73 Å². The van der Waals surface area contributed by atoms with E-state index in [9.17, 15) is 8.78 Å². The fraction of sp³-hybridized carbons (Fsp3) is 0.333. The van der Waals surface area contributed by atoms with Crippen molar-refractivity contribution in [3.63, 3.8) is 0 Å². The van der Waals surface area contributed by atoms with Crippen LogP contribution in [0.1, 0.15) is 5.82 Å². The fourth-order valence-electron chi connectivity index (χ4n) is 1.23. The van der Waals surface area contributed by atoms with Gasteiger partial charge in [0.1, 0.15) is 23.9 Å². The van der Waals surface area contributed by atoms with Crippen LogP contribution in [0.5, 0.6) is 0 Å². The van der Waals surface area contributed by atoms with Gasteiger partial charge in [-0.25, -0.2) is 18.7 Å². The molecule has 2 aromatic rings. The quantitative estimate of drug-likeness (QED) is 0.895. The molecule has 0 spiro atoms. The molecule has 2 N–H and O–H groups in total. The van der Waals surface area contributed by atoms with E-state index in [1.807, 2.05) is 11.4 Å². The molecule has 2 aromatic heterocycles. The third kappa shape index (κ3) is 2.42. The van der Waals surface area contributed by atoms with Crippen molar-refractivity contribution < 1.29 is 13.5 Å². The van der Waals surface area contributed by atoms with Crippen LogP contribution in [-0.4, -0.2) is 23.0 Å². The van der Waals surface area contributed by atoms with Gasteiger partial charge in [0.2, 0.25) is 0 Å². The van der Waals surface area contributed by atoms with Crippen molar-refractivity contribution in [2.24, 2.45) is 0 Å². The Morgan fingerprint density at radius 3 is 3.00 bits per heavy atom. The summed E-state index contributed by atoms with van der Waals surface area (Å²) >= 11 is 1.42. The third-order valence-corrected chi connectivity index (χ3v) is 2.68. The molecule has 0 unspecified atom stereocenters. The van der Waals surface area contributed by atoms with Gasteiger partial charge in [0.15, 0.2) is 5.82 Å². The SMILES string of the molecule is Nc1nc(COCC(F)F)nc2sccc12. The molecule has 0 aliphatic rings. The molecule has 16 heavy (non-hydrogen) atoms. The summed E-state index contributed by atoms with van der Waals surface area (Å²) < 4.78 is 28.4. The first-order valence-electron chi connectivity index (χ1n) is 4.52. The van der Waals surface area contributed by atoms with Gasteiger partial charge in [0, 0.05) is 0 Å². The Bertz CT molecular complexity index is 489. The molecule has 86 valence electrons. The topological polar surface area (TPSA) is 61.0 Å². The number of thiophene rings is 1. The average Bonchev–Trinajstić information content (AvgIpc) is 2.65. The minimum atomic E-state index is -2.48. The highest BCUT2D eigenvalue weighted by molar-refractivity contribution is 7.16. The second-order valence-electron chi connectivity index (χ2n) is 3.07. The number of nitrogens with two attached hydrogens (primary N) is 1. The molecule has 0 aromatic carbocycles. The molecule has 0 saturated heterocycles. The van der Waals surface area contributed by atoms with Crippen LogP contribution in [0.25, 0.3) is 10.2 Å². The molecule has 0 atom stereocenters. The molecule has 2 heterocycles. The normalized spacial score (nSPS) is 11.4. The van der Waals surface area contributed by atoms with Crippen molar-refractivity contribution in [2.75, 3.05) is 12.3 Å². The maximum atomic E-state index is 11.8. The number of anilines is 1. The third-order valence-electron chi connectivity index (χ3n) is 1.88. The van der Waals surface area contributed by atoms with E-state index in [1.54, 1.807) is 0 Å². The van der Waals surface area contributed by atoms with Gasteiger partial charge < -0.3 is 10.5 Å². The minimum absolute atomic E-state index is 0.0532. The predicted molar refractivity (Wildman–Crippen MR) is 57.5 cm³/mol. The average molecular weight is 245 g/mol.